The van der Waals surface area contributed by atoms with Crippen molar-refractivity contribution >= 4 is 10.0 Å². The van der Waals surface area contributed by atoms with Crippen molar-refractivity contribution < 1.29 is 21.6 Å². The molecule has 0 radical (unpaired) electrons. The number of alkyl halides is 3. The van der Waals surface area contributed by atoms with Crippen LogP contribution in [0.15, 0.2) is 11.6 Å². The lowest BCUT2D eigenvalue weighted by atomic mass is 10.0. The largest absolute Gasteiger partial charge is 0.412 e. The van der Waals surface area contributed by atoms with Crippen LogP contribution >= 0.6 is 0 Å². The Bertz CT molecular complexity index is 482. The predicted octanol–water partition coefficient (Wildman–Crippen LogP) is 2.04. The van der Waals surface area contributed by atoms with Gasteiger partial charge in [-0.2, -0.15) is 17.5 Å². The van der Waals surface area contributed by atoms with Gasteiger partial charge < -0.3 is 5.32 Å². The van der Waals surface area contributed by atoms with Crippen LogP contribution in [0.2, 0.25) is 0 Å². The molecule has 0 aromatic rings. The molecule has 1 saturated heterocycles. The third-order valence-corrected chi connectivity index (χ3v) is 5.94. The van der Waals surface area contributed by atoms with Crippen molar-refractivity contribution in [3.8, 4) is 0 Å². The van der Waals surface area contributed by atoms with Crippen LogP contribution < -0.4 is 5.32 Å². The van der Waals surface area contributed by atoms with Crippen molar-refractivity contribution in [2.24, 2.45) is 0 Å². The second-order valence-electron chi connectivity index (χ2n) is 5.59. The molecule has 0 saturated carbocycles. The molecule has 21 heavy (non-hydrogen) atoms. The molecule has 8 heteroatoms. The number of nitrogens with zero attached hydrogens (tertiary/aromatic N) is 1. The van der Waals surface area contributed by atoms with E-state index in [9.17, 15) is 21.6 Å². The molecule has 0 aromatic carbocycles. The molecule has 1 unspecified atom stereocenters. The first-order valence-electron chi connectivity index (χ1n) is 7.26. The molecule has 0 aliphatic carbocycles. The summed E-state index contributed by atoms with van der Waals surface area (Å²) in [5.74, 6) is -0.000141. The van der Waals surface area contributed by atoms with E-state index in [1.807, 2.05) is 0 Å². The zero-order valence-corrected chi connectivity index (χ0v) is 12.6. The topological polar surface area (TPSA) is 49.4 Å². The Morgan fingerprint density at radius 1 is 1.33 bits per heavy atom. The molecular weight excluding hydrogens is 305 g/mol. The van der Waals surface area contributed by atoms with Crippen molar-refractivity contribution in [3.05, 3.63) is 11.6 Å². The molecule has 1 fully saturated rings. The molecule has 1 atom stereocenters. The number of rotatable bonds is 4. The lowest BCUT2D eigenvalue weighted by molar-refractivity contribution is -0.0953. The highest BCUT2D eigenvalue weighted by Crippen LogP contribution is 2.30. The fourth-order valence-electron chi connectivity index (χ4n) is 2.75. The van der Waals surface area contributed by atoms with Crippen LogP contribution in [0.5, 0.6) is 0 Å². The first kappa shape index (κ1) is 16.8. The number of nitrogens with one attached hydrogen (secondary N) is 1. The van der Waals surface area contributed by atoms with Gasteiger partial charge in [-0.05, 0) is 32.2 Å². The van der Waals surface area contributed by atoms with Gasteiger partial charge in [-0.15, -0.1) is 0 Å². The average molecular weight is 326 g/mol. The lowest BCUT2D eigenvalue weighted by Crippen LogP contribution is -2.41. The quantitative estimate of drug-likeness (QED) is 0.805. The summed E-state index contributed by atoms with van der Waals surface area (Å²) in [4.78, 5) is 0. The van der Waals surface area contributed by atoms with Gasteiger partial charge in [0, 0.05) is 24.7 Å². The monoisotopic (exact) mass is 326 g/mol. The van der Waals surface area contributed by atoms with Crippen molar-refractivity contribution in [2.45, 2.75) is 44.3 Å². The van der Waals surface area contributed by atoms with Crippen LogP contribution in [0, 0.1) is 0 Å². The maximum absolute atomic E-state index is 12.5. The van der Waals surface area contributed by atoms with E-state index in [1.54, 1.807) is 0 Å². The smallest absolute Gasteiger partial charge is 0.314 e. The third-order valence-electron chi connectivity index (χ3n) is 4.07. The van der Waals surface area contributed by atoms with E-state index >= 15 is 0 Å². The number of hydrogen-bond acceptors (Lipinski definition) is 3. The number of piperidine rings is 1. The molecule has 2 rings (SSSR count). The summed E-state index contributed by atoms with van der Waals surface area (Å²) in [5.41, 5.74) is -0.622. The summed E-state index contributed by atoms with van der Waals surface area (Å²) in [6.45, 7) is 0.660. The van der Waals surface area contributed by atoms with Gasteiger partial charge in [0.25, 0.3) is 0 Å². The van der Waals surface area contributed by atoms with E-state index in [0.717, 1.165) is 36.2 Å². The Morgan fingerprint density at radius 3 is 2.62 bits per heavy atom. The fourth-order valence-corrected chi connectivity index (χ4v) is 4.26. The summed E-state index contributed by atoms with van der Waals surface area (Å²) in [5, 5.41) is 3.28. The van der Waals surface area contributed by atoms with Crippen LogP contribution in [-0.2, 0) is 10.0 Å². The molecule has 122 valence electrons. The highest BCUT2D eigenvalue weighted by atomic mass is 32.2. The Labute approximate surface area is 123 Å². The van der Waals surface area contributed by atoms with Crippen LogP contribution in [0.25, 0.3) is 0 Å². The lowest BCUT2D eigenvalue weighted by Gasteiger charge is -2.28. The van der Waals surface area contributed by atoms with Gasteiger partial charge in [0.15, 0.2) is 0 Å². The summed E-state index contributed by atoms with van der Waals surface area (Å²) >= 11 is 0. The zero-order valence-electron chi connectivity index (χ0n) is 11.8. The second-order valence-corrected chi connectivity index (χ2v) is 7.68. The first-order valence-corrected chi connectivity index (χ1v) is 8.87. The Balaban J connectivity index is 1.87. The van der Waals surface area contributed by atoms with Crippen molar-refractivity contribution in [3.63, 3.8) is 0 Å². The number of hydrogen-bond donors (Lipinski definition) is 1. The summed E-state index contributed by atoms with van der Waals surface area (Å²) in [6.07, 6.45) is 0.0774. The van der Waals surface area contributed by atoms with Gasteiger partial charge in [0.05, 0.1) is 5.75 Å². The number of halogens is 3. The van der Waals surface area contributed by atoms with Crippen LogP contribution in [0.1, 0.15) is 32.1 Å². The minimum absolute atomic E-state index is 0.000141. The van der Waals surface area contributed by atoms with Gasteiger partial charge in [-0.25, -0.2) is 8.42 Å². The van der Waals surface area contributed by atoms with Gasteiger partial charge in [0.2, 0.25) is 10.0 Å². The standard InChI is InChI=1S/C13H21F3N2O2S/c14-13(15,16)11-4-8-18(9-5-11)21(19,20)10-6-12-3-1-2-7-17-12/h4,12,17H,1-3,5-10H2. The molecule has 0 aromatic heterocycles. The van der Waals surface area contributed by atoms with E-state index < -0.39 is 21.8 Å². The van der Waals surface area contributed by atoms with E-state index in [1.165, 1.54) is 0 Å². The van der Waals surface area contributed by atoms with Crippen LogP contribution in [-0.4, -0.2) is 50.3 Å². The second kappa shape index (κ2) is 6.66. The third kappa shape index (κ3) is 4.69. The molecule has 2 aliphatic rings. The van der Waals surface area contributed by atoms with Crippen molar-refractivity contribution in [1.82, 2.24) is 9.62 Å². The molecule has 2 aliphatic heterocycles. The van der Waals surface area contributed by atoms with E-state index in [-0.39, 0.29) is 31.3 Å². The minimum Gasteiger partial charge on any atom is -0.314 e. The van der Waals surface area contributed by atoms with Gasteiger partial charge >= 0.3 is 6.18 Å². The van der Waals surface area contributed by atoms with Crippen molar-refractivity contribution in [2.75, 3.05) is 25.4 Å². The van der Waals surface area contributed by atoms with Gasteiger partial charge in [0.1, 0.15) is 0 Å². The molecule has 0 amide bonds. The van der Waals surface area contributed by atoms with Gasteiger partial charge in [-0.3, -0.25) is 0 Å². The summed E-state index contributed by atoms with van der Waals surface area (Å²) < 4.78 is 63.0. The maximum Gasteiger partial charge on any atom is 0.412 e. The van der Waals surface area contributed by atoms with Gasteiger partial charge in [-0.1, -0.05) is 12.5 Å². The zero-order chi connectivity index (χ0) is 15.5. The highest BCUT2D eigenvalue weighted by Gasteiger charge is 2.36. The van der Waals surface area contributed by atoms with E-state index in [2.05, 4.69) is 5.32 Å². The van der Waals surface area contributed by atoms with Crippen LogP contribution in [0.4, 0.5) is 13.2 Å². The van der Waals surface area contributed by atoms with Crippen molar-refractivity contribution in [1.29, 1.82) is 0 Å². The number of sulfonamides is 1. The Morgan fingerprint density at radius 2 is 2.10 bits per heavy atom. The molecular formula is C13H21F3N2O2S. The molecule has 4 nitrogen and oxygen atoms in total. The fraction of sp³-hybridized carbons (Fsp3) is 0.846. The first-order chi connectivity index (χ1) is 9.79. The average Bonchev–Trinajstić information content (AvgIpc) is 2.46. The molecule has 0 spiro atoms. The minimum atomic E-state index is -4.35. The summed E-state index contributed by atoms with van der Waals surface area (Å²) in [7, 11) is -3.47. The Hall–Kier alpha value is -0.600. The van der Waals surface area contributed by atoms with E-state index in [0.29, 0.717) is 6.42 Å². The molecule has 0 bridgehead atoms. The predicted molar refractivity (Wildman–Crippen MR) is 74.4 cm³/mol. The summed E-state index contributed by atoms with van der Waals surface area (Å²) in [6, 6.07) is 0.208. The Kier molecular flexibility index (Phi) is 5.32. The van der Waals surface area contributed by atoms with Crippen LogP contribution in [0.3, 0.4) is 0 Å². The highest BCUT2D eigenvalue weighted by molar-refractivity contribution is 7.89. The molecule has 2 heterocycles. The normalized spacial score (nSPS) is 25.7. The van der Waals surface area contributed by atoms with E-state index in [4.69, 9.17) is 0 Å². The molecule has 1 N–H and O–H groups in total. The SMILES string of the molecule is O=S(=O)(CCC1CCCCN1)N1CC=C(C(F)(F)F)CC1. The maximum atomic E-state index is 12.5.